The van der Waals surface area contributed by atoms with Gasteiger partial charge in [-0.2, -0.15) is 0 Å². The molecule has 1 aliphatic rings. The summed E-state index contributed by atoms with van der Waals surface area (Å²) in [6, 6.07) is 13.4. The Bertz CT molecular complexity index is 936. The van der Waals surface area contributed by atoms with Gasteiger partial charge in [0.2, 0.25) is 11.8 Å². The maximum Gasteiger partial charge on any atom is 0.213 e. The molecule has 0 spiro atoms. The molecule has 1 fully saturated rings. The largest absolute Gasteiger partial charge is 0.475 e. The molecule has 1 aliphatic heterocycles. The van der Waals surface area contributed by atoms with Gasteiger partial charge >= 0.3 is 0 Å². The quantitative estimate of drug-likeness (QED) is 0.662. The highest BCUT2D eigenvalue weighted by Gasteiger charge is 2.29. The first-order valence-electron chi connectivity index (χ1n) is 9.57. The van der Waals surface area contributed by atoms with Gasteiger partial charge in [0.25, 0.3) is 0 Å². The van der Waals surface area contributed by atoms with E-state index in [4.69, 9.17) is 9.47 Å². The van der Waals surface area contributed by atoms with E-state index in [1.165, 1.54) is 0 Å². The van der Waals surface area contributed by atoms with Crippen LogP contribution in [0, 0.1) is 0 Å². The Labute approximate surface area is 170 Å². The van der Waals surface area contributed by atoms with Gasteiger partial charge < -0.3 is 19.5 Å². The molecule has 3 aromatic heterocycles. The zero-order valence-electron chi connectivity index (χ0n) is 16.5. The maximum absolute atomic E-state index is 9.80. The Morgan fingerprint density at radius 2 is 1.83 bits per heavy atom. The third-order valence-corrected chi connectivity index (χ3v) is 4.49. The van der Waals surface area contributed by atoms with Gasteiger partial charge in [0.15, 0.2) is 0 Å². The summed E-state index contributed by atoms with van der Waals surface area (Å²) in [6.45, 7) is 5.14. The van der Waals surface area contributed by atoms with Crippen LogP contribution in [0.1, 0.15) is 13.8 Å². The number of hydrogen-bond acceptors (Lipinski definition) is 7. The van der Waals surface area contributed by atoms with Gasteiger partial charge in [0.05, 0.1) is 18.7 Å². The first-order chi connectivity index (χ1) is 14.0. The van der Waals surface area contributed by atoms with E-state index in [0.717, 1.165) is 30.0 Å². The Morgan fingerprint density at radius 1 is 1.00 bits per heavy atom. The van der Waals surface area contributed by atoms with Crippen LogP contribution >= 0.6 is 0 Å². The zero-order chi connectivity index (χ0) is 20.3. The van der Waals surface area contributed by atoms with Crippen molar-refractivity contribution >= 4 is 5.82 Å². The van der Waals surface area contributed by atoms with E-state index >= 15 is 0 Å². The van der Waals surface area contributed by atoms with E-state index < -0.39 is 5.60 Å². The lowest BCUT2D eigenvalue weighted by Gasteiger charge is -2.39. The van der Waals surface area contributed by atoms with Crippen LogP contribution < -0.4 is 14.4 Å². The molecule has 3 aromatic rings. The molecule has 0 amide bonds. The van der Waals surface area contributed by atoms with Crippen molar-refractivity contribution < 1.29 is 14.6 Å². The van der Waals surface area contributed by atoms with Crippen molar-refractivity contribution in [1.82, 2.24) is 15.0 Å². The summed E-state index contributed by atoms with van der Waals surface area (Å²) in [5.74, 6) is 2.05. The van der Waals surface area contributed by atoms with Crippen molar-refractivity contribution in [3.05, 3.63) is 61.1 Å². The number of rotatable bonds is 7. The topological polar surface area (TPSA) is 80.6 Å². The minimum atomic E-state index is -0.906. The van der Waals surface area contributed by atoms with E-state index in [9.17, 15) is 5.11 Å². The Balaban J connectivity index is 1.35. The fourth-order valence-electron chi connectivity index (χ4n) is 2.95. The predicted molar refractivity (Wildman–Crippen MR) is 110 cm³/mol. The number of aromatic nitrogens is 3. The third-order valence-electron chi connectivity index (χ3n) is 4.49. The van der Waals surface area contributed by atoms with E-state index in [1.807, 2.05) is 48.7 Å². The summed E-state index contributed by atoms with van der Waals surface area (Å²) < 4.78 is 11.4. The van der Waals surface area contributed by atoms with Crippen molar-refractivity contribution in [3.63, 3.8) is 0 Å². The minimum Gasteiger partial charge on any atom is -0.475 e. The van der Waals surface area contributed by atoms with Crippen LogP contribution in [0.3, 0.4) is 0 Å². The van der Waals surface area contributed by atoms with E-state index in [-0.39, 0.29) is 12.7 Å². The summed E-state index contributed by atoms with van der Waals surface area (Å²) in [5.41, 5.74) is 1.03. The van der Waals surface area contributed by atoms with Crippen LogP contribution in [-0.2, 0) is 0 Å². The number of nitrogens with zero attached hydrogens (tertiary/aromatic N) is 4. The number of ether oxygens (including phenoxy) is 2. The monoisotopic (exact) mass is 392 g/mol. The lowest BCUT2D eigenvalue weighted by atomic mass is 10.1. The maximum atomic E-state index is 9.80. The Kier molecular flexibility index (Phi) is 5.31. The van der Waals surface area contributed by atoms with Crippen LogP contribution in [0.25, 0.3) is 11.1 Å². The first kappa shape index (κ1) is 19.1. The second-order valence-electron chi connectivity index (χ2n) is 7.70. The molecule has 7 heteroatoms. The molecule has 0 unspecified atom stereocenters. The zero-order valence-corrected chi connectivity index (χ0v) is 16.5. The Morgan fingerprint density at radius 3 is 2.52 bits per heavy atom. The van der Waals surface area contributed by atoms with Crippen molar-refractivity contribution in [3.8, 4) is 22.9 Å². The highest BCUT2D eigenvalue weighted by molar-refractivity contribution is 5.64. The number of anilines is 1. The van der Waals surface area contributed by atoms with Gasteiger partial charge in [-0.1, -0.05) is 6.07 Å². The van der Waals surface area contributed by atoms with Crippen molar-refractivity contribution in [2.45, 2.75) is 25.6 Å². The lowest BCUT2D eigenvalue weighted by molar-refractivity contribution is 0.0268. The molecule has 0 bridgehead atoms. The van der Waals surface area contributed by atoms with Gasteiger partial charge in [-0.15, -0.1) is 0 Å². The average molecular weight is 392 g/mol. The molecule has 0 atom stereocenters. The van der Waals surface area contributed by atoms with Gasteiger partial charge in [0, 0.05) is 36.3 Å². The average Bonchev–Trinajstić information content (AvgIpc) is 2.70. The molecule has 0 aromatic carbocycles. The van der Waals surface area contributed by atoms with Crippen LogP contribution in [0.2, 0.25) is 0 Å². The van der Waals surface area contributed by atoms with Gasteiger partial charge in [-0.3, -0.25) is 0 Å². The van der Waals surface area contributed by atoms with Crippen LogP contribution in [-0.4, -0.2) is 51.5 Å². The van der Waals surface area contributed by atoms with Gasteiger partial charge in [-0.25, -0.2) is 15.0 Å². The summed E-state index contributed by atoms with van der Waals surface area (Å²) in [5, 5.41) is 9.80. The Hall–Kier alpha value is -3.19. The van der Waals surface area contributed by atoms with E-state index in [0.29, 0.717) is 11.8 Å². The van der Waals surface area contributed by atoms with Crippen LogP contribution in [0.15, 0.2) is 61.1 Å². The highest BCUT2D eigenvalue weighted by Crippen LogP contribution is 2.26. The molecular weight excluding hydrogens is 368 g/mol. The molecule has 0 saturated carbocycles. The summed E-state index contributed by atoms with van der Waals surface area (Å²) in [7, 11) is 0. The predicted octanol–water partition coefficient (Wildman–Crippen LogP) is 2.96. The van der Waals surface area contributed by atoms with E-state index in [1.54, 1.807) is 26.2 Å². The molecular formula is C22H24N4O3. The number of hydrogen-bond donors (Lipinski definition) is 1. The standard InChI is InChI=1S/C22H24N4O3/c1-22(2,27)15-28-21-11-16(8-10-24-21)17-6-7-19(25-12-17)26-13-18(14-26)29-20-5-3-4-9-23-20/h3-12,18,27H,13-15H2,1-2H3. The van der Waals surface area contributed by atoms with Crippen molar-refractivity contribution in [1.29, 1.82) is 0 Å². The molecule has 4 rings (SSSR count). The summed E-state index contributed by atoms with van der Waals surface area (Å²) in [4.78, 5) is 15.1. The van der Waals surface area contributed by atoms with Crippen molar-refractivity contribution in [2.24, 2.45) is 0 Å². The molecule has 7 nitrogen and oxygen atoms in total. The molecule has 1 saturated heterocycles. The van der Waals surface area contributed by atoms with Crippen LogP contribution in [0.5, 0.6) is 11.8 Å². The fraction of sp³-hybridized carbons (Fsp3) is 0.318. The van der Waals surface area contributed by atoms with Crippen LogP contribution in [0.4, 0.5) is 5.82 Å². The van der Waals surface area contributed by atoms with Crippen molar-refractivity contribution in [2.75, 3.05) is 24.6 Å². The summed E-state index contributed by atoms with van der Waals surface area (Å²) in [6.07, 6.45) is 5.39. The highest BCUT2D eigenvalue weighted by atomic mass is 16.5. The normalized spacial score (nSPS) is 14.4. The lowest BCUT2D eigenvalue weighted by Crippen LogP contribution is -2.54. The number of aliphatic hydroxyl groups is 1. The van der Waals surface area contributed by atoms with Gasteiger partial charge in [-0.05, 0) is 43.7 Å². The molecule has 0 aliphatic carbocycles. The third kappa shape index (κ3) is 5.00. The first-order valence-corrected chi connectivity index (χ1v) is 9.57. The fourth-order valence-corrected chi connectivity index (χ4v) is 2.95. The van der Waals surface area contributed by atoms with E-state index in [2.05, 4.69) is 19.9 Å². The molecule has 1 N–H and O–H groups in total. The second-order valence-corrected chi connectivity index (χ2v) is 7.70. The smallest absolute Gasteiger partial charge is 0.213 e. The molecule has 4 heterocycles. The molecule has 0 radical (unpaired) electrons. The SMILES string of the molecule is CC(C)(O)COc1cc(-c2ccc(N3CC(Oc4ccccn4)C3)nc2)ccn1. The van der Waals surface area contributed by atoms with Gasteiger partial charge in [0.1, 0.15) is 18.5 Å². The molecule has 150 valence electrons. The minimum absolute atomic E-state index is 0.127. The molecule has 29 heavy (non-hydrogen) atoms. The number of pyridine rings is 3. The summed E-state index contributed by atoms with van der Waals surface area (Å²) >= 11 is 0. The second kappa shape index (κ2) is 8.05.